The fourth-order valence-corrected chi connectivity index (χ4v) is 3.18. The summed E-state index contributed by atoms with van der Waals surface area (Å²) in [5.41, 5.74) is 1.29. The monoisotopic (exact) mass is 309 g/mol. The molecular weight excluding hydrogens is 290 g/mol. The van der Waals surface area contributed by atoms with E-state index in [1.54, 1.807) is 0 Å². The Hall–Kier alpha value is -0.930. The summed E-state index contributed by atoms with van der Waals surface area (Å²) >= 11 is 7.74. The lowest BCUT2D eigenvalue weighted by Crippen LogP contribution is -2.30. The largest absolute Gasteiger partial charge is 0.356 e. The number of rotatable bonds is 7. The fourth-order valence-electron chi connectivity index (χ4n) is 2.13. The van der Waals surface area contributed by atoms with Crippen molar-refractivity contribution in [2.45, 2.75) is 25.0 Å². The zero-order chi connectivity index (χ0) is 14.2. The lowest BCUT2D eigenvalue weighted by atomic mass is 10.1. The van der Waals surface area contributed by atoms with Crippen LogP contribution < -0.4 is 5.32 Å². The van der Waals surface area contributed by atoms with Gasteiger partial charge in [0.1, 0.15) is 0 Å². The third-order valence-electron chi connectivity index (χ3n) is 3.33. The third kappa shape index (κ3) is 5.22. The third-order valence-corrected chi connectivity index (χ3v) is 4.69. The van der Waals surface area contributed by atoms with E-state index in [1.807, 2.05) is 23.9 Å². The number of carbonyl (C=O) groups excluding carboxylic acids is 1. The molecule has 2 rings (SSSR count). The quantitative estimate of drug-likeness (QED) is 0.608. The van der Waals surface area contributed by atoms with E-state index >= 15 is 0 Å². The summed E-state index contributed by atoms with van der Waals surface area (Å²) in [7, 11) is 0. The van der Waals surface area contributed by atoms with Gasteiger partial charge in [-0.2, -0.15) is 11.8 Å². The Morgan fingerprint density at radius 2 is 1.95 bits per heavy atom. The van der Waals surface area contributed by atoms with E-state index < -0.39 is 0 Å². The fraction of sp³-hybridized carbons (Fsp3) is 0.438. The van der Waals surface area contributed by atoms with Gasteiger partial charge in [-0.3, -0.25) is 4.79 Å². The van der Waals surface area contributed by atoms with E-state index in [9.17, 15) is 4.79 Å². The molecule has 0 bridgehead atoms. The van der Waals surface area contributed by atoms with Crippen LogP contribution in [0.2, 0.25) is 5.02 Å². The Kier molecular flexibility index (Phi) is 6.48. The summed E-state index contributed by atoms with van der Waals surface area (Å²) in [5, 5.41) is 3.80. The van der Waals surface area contributed by atoms with E-state index in [1.165, 1.54) is 5.56 Å². The van der Waals surface area contributed by atoms with Crippen LogP contribution in [0.1, 0.15) is 24.8 Å². The minimum atomic E-state index is 0.178. The van der Waals surface area contributed by atoms with Crippen molar-refractivity contribution < 1.29 is 4.79 Å². The molecule has 0 aliphatic heterocycles. The number of amides is 1. The SMILES string of the molecule is O=C(NCCCSCc1ccc(Cl)cc1)C1CC=CC1. The van der Waals surface area contributed by atoms with E-state index in [0.29, 0.717) is 0 Å². The minimum absolute atomic E-state index is 0.178. The van der Waals surface area contributed by atoms with Crippen molar-refractivity contribution in [2.24, 2.45) is 5.92 Å². The maximum atomic E-state index is 11.8. The van der Waals surface area contributed by atoms with Crippen molar-refractivity contribution in [1.82, 2.24) is 5.32 Å². The Morgan fingerprint density at radius 3 is 2.65 bits per heavy atom. The standard InChI is InChI=1S/C16H20ClNOS/c17-15-8-6-13(7-9-15)12-20-11-3-10-18-16(19)14-4-1-2-5-14/h1-2,6-9,14H,3-5,10-12H2,(H,18,19). The van der Waals surface area contributed by atoms with Crippen LogP contribution in [0, 0.1) is 5.92 Å². The van der Waals surface area contributed by atoms with Gasteiger partial charge in [0, 0.05) is 23.2 Å². The van der Waals surface area contributed by atoms with Gasteiger partial charge in [0.05, 0.1) is 0 Å². The molecule has 0 spiro atoms. The van der Waals surface area contributed by atoms with Gasteiger partial charge in [-0.25, -0.2) is 0 Å². The number of hydrogen-bond donors (Lipinski definition) is 1. The van der Waals surface area contributed by atoms with Crippen LogP contribution in [-0.4, -0.2) is 18.2 Å². The maximum Gasteiger partial charge on any atom is 0.223 e. The summed E-state index contributed by atoms with van der Waals surface area (Å²) in [6, 6.07) is 7.97. The van der Waals surface area contributed by atoms with Crippen LogP contribution in [-0.2, 0) is 10.5 Å². The summed E-state index contributed by atoms with van der Waals surface area (Å²) in [6.45, 7) is 0.781. The first-order chi connectivity index (χ1) is 9.75. The van der Waals surface area contributed by atoms with Gasteiger partial charge in [0.25, 0.3) is 0 Å². The smallest absolute Gasteiger partial charge is 0.223 e. The molecule has 108 valence electrons. The normalized spacial score (nSPS) is 14.7. The van der Waals surface area contributed by atoms with Gasteiger partial charge in [0.2, 0.25) is 5.91 Å². The summed E-state index contributed by atoms with van der Waals surface area (Å²) in [5.74, 6) is 2.44. The predicted molar refractivity (Wildman–Crippen MR) is 87.1 cm³/mol. The molecule has 0 saturated heterocycles. The highest BCUT2D eigenvalue weighted by Crippen LogP contribution is 2.18. The number of allylic oxidation sites excluding steroid dienone is 2. The van der Waals surface area contributed by atoms with E-state index in [0.717, 1.165) is 42.3 Å². The summed E-state index contributed by atoms with van der Waals surface area (Å²) in [4.78, 5) is 11.8. The minimum Gasteiger partial charge on any atom is -0.356 e. The lowest BCUT2D eigenvalue weighted by Gasteiger charge is -2.10. The molecule has 1 amide bonds. The van der Waals surface area contributed by atoms with E-state index in [-0.39, 0.29) is 11.8 Å². The van der Waals surface area contributed by atoms with Crippen LogP contribution in [0.15, 0.2) is 36.4 Å². The van der Waals surface area contributed by atoms with Crippen LogP contribution in [0.25, 0.3) is 0 Å². The molecule has 1 aromatic carbocycles. The second-order valence-corrected chi connectivity index (χ2v) is 6.50. The average Bonchev–Trinajstić information content (AvgIpc) is 2.98. The molecule has 0 heterocycles. The molecule has 4 heteroatoms. The van der Waals surface area contributed by atoms with Gasteiger partial charge >= 0.3 is 0 Å². The molecule has 1 N–H and O–H groups in total. The van der Waals surface area contributed by atoms with Crippen molar-refractivity contribution in [3.8, 4) is 0 Å². The molecular formula is C16H20ClNOS. The van der Waals surface area contributed by atoms with Gasteiger partial charge < -0.3 is 5.32 Å². The first kappa shape index (κ1) is 15.5. The molecule has 1 aromatic rings. The Labute approximate surface area is 130 Å². The molecule has 20 heavy (non-hydrogen) atoms. The zero-order valence-electron chi connectivity index (χ0n) is 11.5. The van der Waals surface area contributed by atoms with Crippen molar-refractivity contribution >= 4 is 29.3 Å². The second kappa shape index (κ2) is 8.38. The van der Waals surface area contributed by atoms with Gasteiger partial charge in [-0.05, 0) is 42.7 Å². The first-order valence-electron chi connectivity index (χ1n) is 7.00. The summed E-state index contributed by atoms with van der Waals surface area (Å²) < 4.78 is 0. The van der Waals surface area contributed by atoms with Crippen LogP contribution in [0.4, 0.5) is 0 Å². The highest BCUT2D eigenvalue weighted by atomic mass is 35.5. The number of nitrogens with one attached hydrogen (secondary N) is 1. The van der Waals surface area contributed by atoms with Crippen molar-refractivity contribution in [2.75, 3.05) is 12.3 Å². The van der Waals surface area contributed by atoms with E-state index in [2.05, 4.69) is 29.6 Å². The molecule has 0 fully saturated rings. The Balaban J connectivity index is 1.51. The number of benzene rings is 1. The van der Waals surface area contributed by atoms with Gasteiger partial charge in [-0.15, -0.1) is 0 Å². The average molecular weight is 310 g/mol. The first-order valence-corrected chi connectivity index (χ1v) is 8.54. The molecule has 1 aliphatic rings. The molecule has 0 unspecified atom stereocenters. The van der Waals surface area contributed by atoms with Crippen molar-refractivity contribution in [3.05, 3.63) is 47.0 Å². The van der Waals surface area contributed by atoms with Crippen LogP contribution in [0.3, 0.4) is 0 Å². The van der Waals surface area contributed by atoms with Crippen LogP contribution >= 0.6 is 23.4 Å². The lowest BCUT2D eigenvalue weighted by molar-refractivity contribution is -0.124. The topological polar surface area (TPSA) is 29.1 Å². The number of carbonyl (C=O) groups is 1. The Bertz CT molecular complexity index is 450. The number of thioether (sulfide) groups is 1. The van der Waals surface area contributed by atoms with Crippen molar-refractivity contribution in [1.29, 1.82) is 0 Å². The molecule has 0 saturated carbocycles. The molecule has 0 aromatic heterocycles. The van der Waals surface area contributed by atoms with Crippen LogP contribution in [0.5, 0.6) is 0 Å². The molecule has 0 radical (unpaired) electrons. The molecule has 0 atom stereocenters. The number of hydrogen-bond acceptors (Lipinski definition) is 2. The van der Waals surface area contributed by atoms with Gasteiger partial charge in [-0.1, -0.05) is 35.9 Å². The summed E-state index contributed by atoms with van der Waals surface area (Å²) in [6.07, 6.45) is 7.00. The molecule has 1 aliphatic carbocycles. The second-order valence-electron chi connectivity index (χ2n) is 4.96. The predicted octanol–water partition coefficient (Wildman–Crippen LogP) is 4.05. The highest BCUT2D eigenvalue weighted by Gasteiger charge is 2.18. The maximum absolute atomic E-state index is 11.8. The van der Waals surface area contributed by atoms with Gasteiger partial charge in [0.15, 0.2) is 0 Å². The number of halogens is 1. The Morgan fingerprint density at radius 1 is 1.25 bits per heavy atom. The zero-order valence-corrected chi connectivity index (χ0v) is 13.1. The van der Waals surface area contributed by atoms with Crippen molar-refractivity contribution in [3.63, 3.8) is 0 Å². The van der Waals surface area contributed by atoms with E-state index in [4.69, 9.17) is 11.6 Å². The molecule has 2 nitrogen and oxygen atoms in total. The highest BCUT2D eigenvalue weighted by molar-refractivity contribution is 7.98.